The largest absolute Gasteiger partial charge is 0.487 e. The molecular weight excluding hydrogens is 280 g/mol. The zero-order valence-corrected chi connectivity index (χ0v) is 12.5. The standard InChI is InChI=1S/C16H18N4O2/c1-16(2)9-12(10-5-3-4-6-13(10)22-16)18-14-8-7-11(15(17)21)19-20-14/h3-8,12H,9H2,1-2H3,(H2,17,21)(H,18,20). The molecular formula is C16H18N4O2. The number of amides is 1. The summed E-state index contributed by atoms with van der Waals surface area (Å²) in [5.74, 6) is 0.886. The summed E-state index contributed by atoms with van der Waals surface area (Å²) in [5, 5.41) is 11.2. The Hall–Kier alpha value is -2.63. The lowest BCUT2D eigenvalue weighted by atomic mass is 9.90. The Balaban J connectivity index is 1.86. The zero-order chi connectivity index (χ0) is 15.7. The number of hydrogen-bond acceptors (Lipinski definition) is 5. The molecule has 22 heavy (non-hydrogen) atoms. The van der Waals surface area contributed by atoms with Crippen molar-refractivity contribution in [3.8, 4) is 5.75 Å². The van der Waals surface area contributed by atoms with Crippen molar-refractivity contribution in [3.63, 3.8) is 0 Å². The Morgan fingerprint density at radius 2 is 2.05 bits per heavy atom. The van der Waals surface area contributed by atoms with Crippen LogP contribution in [0.1, 0.15) is 42.4 Å². The molecule has 0 aliphatic carbocycles. The summed E-state index contributed by atoms with van der Waals surface area (Å²) in [4.78, 5) is 11.0. The first-order chi connectivity index (χ1) is 10.4. The lowest BCUT2D eigenvalue weighted by Gasteiger charge is -2.38. The van der Waals surface area contributed by atoms with E-state index in [4.69, 9.17) is 10.5 Å². The Labute approximate surface area is 128 Å². The number of rotatable bonds is 3. The van der Waals surface area contributed by atoms with Gasteiger partial charge in [0.1, 0.15) is 17.2 Å². The van der Waals surface area contributed by atoms with E-state index in [2.05, 4.69) is 29.4 Å². The number of fused-ring (bicyclic) bond motifs is 1. The van der Waals surface area contributed by atoms with E-state index in [1.165, 1.54) is 0 Å². The summed E-state index contributed by atoms with van der Waals surface area (Å²) < 4.78 is 6.00. The summed E-state index contributed by atoms with van der Waals surface area (Å²) in [5.41, 5.74) is 6.13. The van der Waals surface area contributed by atoms with E-state index in [9.17, 15) is 4.79 Å². The average molecular weight is 298 g/mol. The maximum absolute atomic E-state index is 11.0. The Kier molecular flexibility index (Phi) is 3.44. The number of aromatic nitrogens is 2. The summed E-state index contributed by atoms with van der Waals surface area (Å²) in [7, 11) is 0. The van der Waals surface area contributed by atoms with Gasteiger partial charge in [-0.25, -0.2) is 0 Å². The van der Waals surface area contributed by atoms with Gasteiger partial charge in [-0.05, 0) is 32.0 Å². The molecule has 0 saturated carbocycles. The molecule has 0 spiro atoms. The quantitative estimate of drug-likeness (QED) is 0.907. The van der Waals surface area contributed by atoms with Gasteiger partial charge in [-0.1, -0.05) is 18.2 Å². The average Bonchev–Trinajstić information content (AvgIpc) is 2.46. The molecule has 2 aromatic rings. The van der Waals surface area contributed by atoms with Crippen molar-refractivity contribution in [2.24, 2.45) is 5.73 Å². The second-order valence-electron chi connectivity index (χ2n) is 5.97. The van der Waals surface area contributed by atoms with Gasteiger partial charge in [0.05, 0.1) is 6.04 Å². The molecule has 1 amide bonds. The molecule has 6 heteroatoms. The van der Waals surface area contributed by atoms with Crippen LogP contribution in [0.5, 0.6) is 5.75 Å². The van der Waals surface area contributed by atoms with Gasteiger partial charge in [0.25, 0.3) is 5.91 Å². The van der Waals surface area contributed by atoms with Crippen LogP contribution in [0.25, 0.3) is 0 Å². The van der Waals surface area contributed by atoms with Crippen molar-refractivity contribution < 1.29 is 9.53 Å². The Bertz CT molecular complexity index is 698. The third-order valence-corrected chi connectivity index (χ3v) is 3.62. The number of nitrogens with two attached hydrogens (primary N) is 1. The van der Waals surface area contributed by atoms with Crippen molar-refractivity contribution in [2.45, 2.75) is 31.9 Å². The maximum atomic E-state index is 11.0. The van der Waals surface area contributed by atoms with Gasteiger partial charge in [-0.2, -0.15) is 0 Å². The molecule has 0 radical (unpaired) electrons. The van der Waals surface area contributed by atoms with Crippen LogP contribution in [0, 0.1) is 0 Å². The van der Waals surface area contributed by atoms with Crippen LogP contribution in [0.3, 0.4) is 0 Å². The number of ether oxygens (including phenoxy) is 1. The second kappa shape index (κ2) is 5.29. The molecule has 114 valence electrons. The highest BCUT2D eigenvalue weighted by Crippen LogP contribution is 2.40. The maximum Gasteiger partial charge on any atom is 0.269 e. The van der Waals surface area contributed by atoms with Gasteiger partial charge in [0, 0.05) is 12.0 Å². The first-order valence-electron chi connectivity index (χ1n) is 7.13. The Morgan fingerprint density at radius 1 is 1.27 bits per heavy atom. The molecule has 3 N–H and O–H groups in total. The van der Waals surface area contributed by atoms with E-state index in [0.717, 1.165) is 17.7 Å². The number of hydrogen-bond donors (Lipinski definition) is 2. The van der Waals surface area contributed by atoms with Crippen molar-refractivity contribution >= 4 is 11.7 Å². The molecule has 1 aliphatic rings. The fourth-order valence-corrected chi connectivity index (χ4v) is 2.65. The first-order valence-corrected chi connectivity index (χ1v) is 7.13. The van der Waals surface area contributed by atoms with Crippen LogP contribution in [0.15, 0.2) is 36.4 Å². The molecule has 1 atom stereocenters. The third kappa shape index (κ3) is 2.86. The van der Waals surface area contributed by atoms with Crippen LogP contribution >= 0.6 is 0 Å². The SMILES string of the molecule is CC1(C)CC(Nc2ccc(C(N)=O)nn2)c2ccccc2O1. The molecule has 0 saturated heterocycles. The molecule has 0 fully saturated rings. The summed E-state index contributed by atoms with van der Waals surface area (Å²) >= 11 is 0. The van der Waals surface area contributed by atoms with Crippen LogP contribution in [-0.2, 0) is 0 Å². The number of nitrogens with zero attached hydrogens (tertiary/aromatic N) is 2. The van der Waals surface area contributed by atoms with E-state index < -0.39 is 5.91 Å². The van der Waals surface area contributed by atoms with Gasteiger partial charge >= 0.3 is 0 Å². The highest BCUT2D eigenvalue weighted by Gasteiger charge is 2.33. The minimum Gasteiger partial charge on any atom is -0.487 e. The van der Waals surface area contributed by atoms with Crippen molar-refractivity contribution in [3.05, 3.63) is 47.7 Å². The molecule has 0 bridgehead atoms. The third-order valence-electron chi connectivity index (χ3n) is 3.62. The van der Waals surface area contributed by atoms with E-state index in [0.29, 0.717) is 5.82 Å². The first kappa shape index (κ1) is 14.3. The highest BCUT2D eigenvalue weighted by atomic mass is 16.5. The predicted octanol–water partition coefficient (Wildman–Crippen LogP) is 2.29. The fourth-order valence-electron chi connectivity index (χ4n) is 2.65. The van der Waals surface area contributed by atoms with Gasteiger partial charge < -0.3 is 15.8 Å². The normalized spacial score (nSPS) is 18.9. The lowest BCUT2D eigenvalue weighted by Crippen LogP contribution is -2.37. The molecule has 1 unspecified atom stereocenters. The number of para-hydroxylation sites is 1. The minimum atomic E-state index is -0.586. The Morgan fingerprint density at radius 3 is 2.73 bits per heavy atom. The van der Waals surface area contributed by atoms with Gasteiger partial charge in [0.15, 0.2) is 5.69 Å². The van der Waals surface area contributed by atoms with Crippen molar-refractivity contribution in [2.75, 3.05) is 5.32 Å². The second-order valence-corrected chi connectivity index (χ2v) is 5.97. The van der Waals surface area contributed by atoms with E-state index in [-0.39, 0.29) is 17.3 Å². The smallest absolute Gasteiger partial charge is 0.269 e. The molecule has 1 aromatic carbocycles. The minimum absolute atomic E-state index is 0.0636. The lowest BCUT2D eigenvalue weighted by molar-refractivity contribution is 0.0758. The molecule has 2 heterocycles. The summed E-state index contributed by atoms with van der Waals surface area (Å²) in [6, 6.07) is 11.3. The topological polar surface area (TPSA) is 90.1 Å². The number of primary amides is 1. The van der Waals surface area contributed by atoms with Crippen LogP contribution in [0.2, 0.25) is 0 Å². The van der Waals surface area contributed by atoms with Gasteiger partial charge in [0.2, 0.25) is 0 Å². The predicted molar refractivity (Wildman–Crippen MR) is 82.7 cm³/mol. The molecule has 3 rings (SSSR count). The molecule has 6 nitrogen and oxygen atoms in total. The zero-order valence-electron chi connectivity index (χ0n) is 12.5. The van der Waals surface area contributed by atoms with E-state index in [1.54, 1.807) is 12.1 Å². The number of carbonyl (C=O) groups is 1. The number of anilines is 1. The number of nitrogens with one attached hydrogen (secondary N) is 1. The summed E-state index contributed by atoms with van der Waals surface area (Å²) in [6.07, 6.45) is 0.795. The van der Waals surface area contributed by atoms with Gasteiger partial charge in [-0.15, -0.1) is 10.2 Å². The number of benzene rings is 1. The van der Waals surface area contributed by atoms with E-state index in [1.807, 2.05) is 24.3 Å². The van der Waals surface area contributed by atoms with Gasteiger partial charge in [-0.3, -0.25) is 4.79 Å². The molecule has 1 aliphatic heterocycles. The van der Waals surface area contributed by atoms with Crippen molar-refractivity contribution in [1.82, 2.24) is 10.2 Å². The summed E-state index contributed by atoms with van der Waals surface area (Å²) in [6.45, 7) is 4.11. The van der Waals surface area contributed by atoms with Crippen molar-refractivity contribution in [1.29, 1.82) is 0 Å². The monoisotopic (exact) mass is 298 g/mol. The fraction of sp³-hybridized carbons (Fsp3) is 0.312. The molecule has 1 aromatic heterocycles. The van der Waals surface area contributed by atoms with Crippen LogP contribution in [-0.4, -0.2) is 21.7 Å². The van der Waals surface area contributed by atoms with Crippen LogP contribution in [0.4, 0.5) is 5.82 Å². The number of carbonyl (C=O) groups excluding carboxylic acids is 1. The van der Waals surface area contributed by atoms with E-state index >= 15 is 0 Å². The van der Waals surface area contributed by atoms with Crippen LogP contribution < -0.4 is 15.8 Å². The highest BCUT2D eigenvalue weighted by molar-refractivity contribution is 5.90.